The van der Waals surface area contributed by atoms with Crippen LogP contribution in [0.3, 0.4) is 0 Å². The highest BCUT2D eigenvalue weighted by Gasteiger charge is 2.31. The standard InChI is InChI=1S/C12H23N3O3/c1-9(13)4-3-5-11(16)15-6-7-18-8-10(15)12(17)14-2/h9-10H,3-8,13H2,1-2H3,(H,14,17). The van der Waals surface area contributed by atoms with Crippen molar-refractivity contribution >= 4 is 11.8 Å². The van der Waals surface area contributed by atoms with Crippen molar-refractivity contribution in [2.45, 2.75) is 38.3 Å². The summed E-state index contributed by atoms with van der Waals surface area (Å²) in [6.07, 6.45) is 2.02. The third kappa shape index (κ3) is 4.27. The second kappa shape index (κ2) is 7.33. The van der Waals surface area contributed by atoms with Gasteiger partial charge in [0.15, 0.2) is 0 Å². The van der Waals surface area contributed by atoms with Crippen LogP contribution in [0.1, 0.15) is 26.2 Å². The summed E-state index contributed by atoms with van der Waals surface area (Å²) in [4.78, 5) is 25.3. The summed E-state index contributed by atoms with van der Waals surface area (Å²) < 4.78 is 5.25. The summed E-state index contributed by atoms with van der Waals surface area (Å²) in [6, 6.07) is -0.385. The molecule has 3 N–H and O–H groups in total. The molecule has 2 amide bonds. The summed E-state index contributed by atoms with van der Waals surface area (Å²) in [7, 11) is 1.57. The predicted octanol–water partition coefficient (Wildman–Crippen LogP) is -0.523. The molecule has 6 nitrogen and oxygen atoms in total. The first-order chi connectivity index (χ1) is 8.56. The molecule has 1 heterocycles. The fraction of sp³-hybridized carbons (Fsp3) is 0.833. The molecule has 1 fully saturated rings. The van der Waals surface area contributed by atoms with Crippen molar-refractivity contribution in [3.05, 3.63) is 0 Å². The monoisotopic (exact) mass is 257 g/mol. The van der Waals surface area contributed by atoms with Gasteiger partial charge in [0.05, 0.1) is 13.2 Å². The number of nitrogens with zero attached hydrogens (tertiary/aromatic N) is 1. The van der Waals surface area contributed by atoms with Gasteiger partial charge in [0.1, 0.15) is 6.04 Å². The first-order valence-corrected chi connectivity index (χ1v) is 6.40. The molecule has 18 heavy (non-hydrogen) atoms. The zero-order valence-electron chi connectivity index (χ0n) is 11.1. The van der Waals surface area contributed by atoms with Crippen molar-refractivity contribution in [1.82, 2.24) is 10.2 Å². The molecule has 104 valence electrons. The minimum Gasteiger partial charge on any atom is -0.377 e. The van der Waals surface area contributed by atoms with E-state index in [-0.39, 0.29) is 24.5 Å². The zero-order chi connectivity index (χ0) is 13.5. The number of nitrogens with one attached hydrogen (secondary N) is 1. The highest BCUT2D eigenvalue weighted by atomic mass is 16.5. The number of amides is 2. The number of rotatable bonds is 5. The molecular formula is C12H23N3O3. The second-order valence-corrected chi connectivity index (χ2v) is 4.66. The lowest BCUT2D eigenvalue weighted by molar-refractivity contribution is -0.148. The largest absolute Gasteiger partial charge is 0.377 e. The Labute approximate surface area is 108 Å². The Hall–Kier alpha value is -1.14. The van der Waals surface area contributed by atoms with Gasteiger partial charge in [-0.15, -0.1) is 0 Å². The fourth-order valence-corrected chi connectivity index (χ4v) is 2.00. The average Bonchev–Trinajstić information content (AvgIpc) is 2.37. The molecule has 1 rings (SSSR count). The number of carbonyl (C=O) groups is 2. The number of carbonyl (C=O) groups excluding carboxylic acids is 2. The molecule has 0 aliphatic carbocycles. The third-order valence-electron chi connectivity index (χ3n) is 3.05. The number of morpholine rings is 1. The van der Waals surface area contributed by atoms with Crippen molar-refractivity contribution in [3.63, 3.8) is 0 Å². The van der Waals surface area contributed by atoms with E-state index in [1.807, 2.05) is 6.92 Å². The molecule has 0 saturated carbocycles. The summed E-state index contributed by atoms with van der Waals surface area (Å²) in [5.74, 6) is -0.164. The lowest BCUT2D eigenvalue weighted by atomic mass is 10.1. The molecule has 2 unspecified atom stereocenters. The Morgan fingerprint density at radius 3 is 2.89 bits per heavy atom. The maximum Gasteiger partial charge on any atom is 0.244 e. The number of hydrogen-bond donors (Lipinski definition) is 2. The van der Waals surface area contributed by atoms with E-state index >= 15 is 0 Å². The van der Waals surface area contributed by atoms with Crippen LogP contribution >= 0.6 is 0 Å². The fourth-order valence-electron chi connectivity index (χ4n) is 2.00. The number of nitrogens with two attached hydrogens (primary N) is 1. The highest BCUT2D eigenvalue weighted by molar-refractivity contribution is 5.87. The van der Waals surface area contributed by atoms with Crippen LogP contribution in [-0.2, 0) is 14.3 Å². The summed E-state index contributed by atoms with van der Waals surface area (Å²) in [5, 5.41) is 2.56. The number of likely N-dealkylation sites (N-methyl/N-ethyl adjacent to an activating group) is 1. The summed E-state index contributed by atoms with van der Waals surface area (Å²) in [5.41, 5.74) is 5.65. The van der Waals surface area contributed by atoms with Crippen LogP contribution in [-0.4, -0.2) is 55.6 Å². The van der Waals surface area contributed by atoms with E-state index < -0.39 is 6.04 Å². The van der Waals surface area contributed by atoms with E-state index in [9.17, 15) is 9.59 Å². The van der Waals surface area contributed by atoms with Crippen LogP contribution in [0.4, 0.5) is 0 Å². The maximum atomic E-state index is 12.1. The van der Waals surface area contributed by atoms with E-state index in [0.717, 1.165) is 12.8 Å². The van der Waals surface area contributed by atoms with Crippen LogP contribution in [0.2, 0.25) is 0 Å². The van der Waals surface area contributed by atoms with Crippen molar-refractivity contribution in [2.24, 2.45) is 5.73 Å². The number of ether oxygens (including phenoxy) is 1. The van der Waals surface area contributed by atoms with Crippen molar-refractivity contribution in [3.8, 4) is 0 Å². The average molecular weight is 257 g/mol. The smallest absolute Gasteiger partial charge is 0.244 e. The van der Waals surface area contributed by atoms with E-state index in [4.69, 9.17) is 10.5 Å². The third-order valence-corrected chi connectivity index (χ3v) is 3.05. The van der Waals surface area contributed by atoms with Gasteiger partial charge in [-0.05, 0) is 19.8 Å². The highest BCUT2D eigenvalue weighted by Crippen LogP contribution is 2.11. The lowest BCUT2D eigenvalue weighted by Crippen LogP contribution is -2.55. The molecule has 0 radical (unpaired) electrons. The first-order valence-electron chi connectivity index (χ1n) is 6.40. The van der Waals surface area contributed by atoms with Crippen molar-refractivity contribution in [2.75, 3.05) is 26.8 Å². The molecule has 0 spiro atoms. The van der Waals surface area contributed by atoms with Crippen LogP contribution < -0.4 is 11.1 Å². The first kappa shape index (κ1) is 14.9. The van der Waals surface area contributed by atoms with Gasteiger partial charge < -0.3 is 20.7 Å². The Bertz CT molecular complexity index is 294. The summed E-state index contributed by atoms with van der Waals surface area (Å²) in [6.45, 7) is 3.17. The van der Waals surface area contributed by atoms with Gasteiger partial charge in [-0.25, -0.2) is 0 Å². The molecule has 1 aliphatic rings. The van der Waals surface area contributed by atoms with Gasteiger partial charge in [0, 0.05) is 26.1 Å². The van der Waals surface area contributed by atoms with Crippen LogP contribution in [0, 0.1) is 0 Å². The Morgan fingerprint density at radius 1 is 1.56 bits per heavy atom. The predicted molar refractivity (Wildman–Crippen MR) is 67.9 cm³/mol. The van der Waals surface area contributed by atoms with Crippen molar-refractivity contribution < 1.29 is 14.3 Å². The lowest BCUT2D eigenvalue weighted by Gasteiger charge is -2.34. The normalized spacial score (nSPS) is 21.5. The van der Waals surface area contributed by atoms with Gasteiger partial charge >= 0.3 is 0 Å². The molecule has 1 saturated heterocycles. The minimum atomic E-state index is -0.494. The quantitative estimate of drug-likeness (QED) is 0.694. The van der Waals surface area contributed by atoms with Crippen LogP contribution in [0.15, 0.2) is 0 Å². The van der Waals surface area contributed by atoms with Gasteiger partial charge in [-0.1, -0.05) is 0 Å². The maximum absolute atomic E-state index is 12.1. The van der Waals surface area contributed by atoms with Gasteiger partial charge in [0.25, 0.3) is 0 Å². The number of hydrogen-bond acceptors (Lipinski definition) is 4. The van der Waals surface area contributed by atoms with E-state index in [2.05, 4.69) is 5.32 Å². The molecule has 0 aromatic heterocycles. The van der Waals surface area contributed by atoms with Gasteiger partial charge in [-0.2, -0.15) is 0 Å². The molecule has 0 bridgehead atoms. The minimum absolute atomic E-state index is 0.00699. The second-order valence-electron chi connectivity index (χ2n) is 4.66. The Balaban J connectivity index is 2.49. The summed E-state index contributed by atoms with van der Waals surface area (Å²) >= 11 is 0. The molecule has 6 heteroatoms. The van der Waals surface area contributed by atoms with Crippen LogP contribution in [0.25, 0.3) is 0 Å². The topological polar surface area (TPSA) is 84.7 Å². The van der Waals surface area contributed by atoms with Gasteiger partial charge in [-0.3, -0.25) is 9.59 Å². The Kier molecular flexibility index (Phi) is 6.07. The SMILES string of the molecule is CNC(=O)C1COCCN1C(=O)CCCC(C)N. The zero-order valence-corrected chi connectivity index (χ0v) is 11.1. The Morgan fingerprint density at radius 2 is 2.28 bits per heavy atom. The molecule has 0 aromatic carbocycles. The molecular weight excluding hydrogens is 234 g/mol. The molecule has 0 aromatic rings. The van der Waals surface area contributed by atoms with Crippen LogP contribution in [0.5, 0.6) is 0 Å². The van der Waals surface area contributed by atoms with E-state index in [0.29, 0.717) is 19.6 Å². The van der Waals surface area contributed by atoms with E-state index in [1.165, 1.54) is 0 Å². The van der Waals surface area contributed by atoms with Gasteiger partial charge in [0.2, 0.25) is 11.8 Å². The van der Waals surface area contributed by atoms with E-state index in [1.54, 1.807) is 11.9 Å². The molecule has 2 atom stereocenters. The molecule has 1 aliphatic heterocycles. The van der Waals surface area contributed by atoms with Crippen molar-refractivity contribution in [1.29, 1.82) is 0 Å².